The smallest absolute Gasteiger partial charge is 0.412 e. The SMILES string of the molecule is CC(C)(C)OC(=O)Nc1cc(Cl)c2c(c1)C1(CCC2)Cc2nc(OC[C@@]34CCCN3C[C@H](F)C4)nc(N3CCCOCC3)c2CO1. The van der Waals surface area contributed by atoms with Gasteiger partial charge in [0, 0.05) is 55.4 Å². The number of halogens is 2. The second-order valence-corrected chi connectivity index (χ2v) is 14.9. The summed E-state index contributed by atoms with van der Waals surface area (Å²) in [5.74, 6) is 0.824. The first kappa shape index (κ1) is 31.8. The summed E-state index contributed by atoms with van der Waals surface area (Å²) >= 11 is 6.85. The molecular weight excluding hydrogens is 613 g/mol. The van der Waals surface area contributed by atoms with Crippen LogP contribution in [0.15, 0.2) is 12.1 Å². The van der Waals surface area contributed by atoms with Crippen molar-refractivity contribution in [1.82, 2.24) is 14.9 Å². The van der Waals surface area contributed by atoms with Crippen molar-refractivity contribution in [3.05, 3.63) is 39.5 Å². The average Bonchev–Trinajstić information content (AvgIpc) is 3.37. The third-order valence-electron chi connectivity index (χ3n) is 10.1. The third-order valence-corrected chi connectivity index (χ3v) is 10.4. The predicted octanol–water partition coefficient (Wildman–Crippen LogP) is 5.96. The van der Waals surface area contributed by atoms with Crippen molar-refractivity contribution in [3.63, 3.8) is 0 Å². The van der Waals surface area contributed by atoms with Gasteiger partial charge in [-0.05, 0) is 89.1 Å². The number of hydrogen-bond acceptors (Lipinski definition) is 9. The van der Waals surface area contributed by atoms with E-state index >= 15 is 0 Å². The summed E-state index contributed by atoms with van der Waals surface area (Å²) in [6, 6.07) is 4.08. The minimum absolute atomic E-state index is 0.295. The predicted molar refractivity (Wildman–Crippen MR) is 173 cm³/mol. The molecule has 0 radical (unpaired) electrons. The Labute approximate surface area is 275 Å². The summed E-state index contributed by atoms with van der Waals surface area (Å²) in [4.78, 5) is 27.2. The molecule has 1 aromatic heterocycles. The number of fused-ring (bicyclic) bond motifs is 4. The first-order valence-corrected chi connectivity index (χ1v) is 17.1. The number of hydrogen-bond donors (Lipinski definition) is 1. The van der Waals surface area contributed by atoms with Gasteiger partial charge in [0.25, 0.3) is 0 Å². The zero-order valence-electron chi connectivity index (χ0n) is 27.1. The molecular formula is C34H45ClFN5O5. The number of amides is 1. The second-order valence-electron chi connectivity index (χ2n) is 14.5. The number of nitrogens with zero attached hydrogens (tertiary/aromatic N) is 4. The number of anilines is 2. The lowest BCUT2D eigenvalue weighted by atomic mass is 9.74. The number of nitrogens with one attached hydrogen (secondary N) is 1. The van der Waals surface area contributed by atoms with Crippen LogP contribution in [-0.2, 0) is 39.3 Å². The normalized spacial score (nSPS) is 27.9. The largest absolute Gasteiger partial charge is 0.461 e. The van der Waals surface area contributed by atoms with Crippen LogP contribution in [0.5, 0.6) is 6.01 Å². The van der Waals surface area contributed by atoms with Crippen LogP contribution < -0.4 is 15.0 Å². The lowest BCUT2D eigenvalue weighted by Crippen LogP contribution is -2.44. The van der Waals surface area contributed by atoms with E-state index in [-0.39, 0.29) is 5.54 Å². The van der Waals surface area contributed by atoms with Gasteiger partial charge in [-0.25, -0.2) is 9.18 Å². The van der Waals surface area contributed by atoms with E-state index in [0.717, 1.165) is 79.8 Å². The molecule has 1 aliphatic carbocycles. The Morgan fingerprint density at radius 1 is 1.13 bits per heavy atom. The Morgan fingerprint density at radius 2 is 2.00 bits per heavy atom. The minimum atomic E-state index is -0.828. The summed E-state index contributed by atoms with van der Waals surface area (Å²) in [5, 5.41) is 3.46. The summed E-state index contributed by atoms with van der Waals surface area (Å²) in [6.07, 6.45) is 5.03. The van der Waals surface area contributed by atoms with Gasteiger partial charge in [-0.3, -0.25) is 10.2 Å². The molecule has 7 rings (SSSR count). The van der Waals surface area contributed by atoms with Crippen LogP contribution >= 0.6 is 11.6 Å². The number of rotatable bonds is 5. The Morgan fingerprint density at radius 3 is 2.85 bits per heavy atom. The van der Waals surface area contributed by atoms with Gasteiger partial charge in [-0.2, -0.15) is 9.97 Å². The van der Waals surface area contributed by atoms with Crippen molar-refractivity contribution in [1.29, 1.82) is 0 Å². The number of alkyl halides is 1. The van der Waals surface area contributed by atoms with Gasteiger partial charge in [0.1, 0.15) is 24.2 Å². The molecule has 12 heteroatoms. The number of aromatic nitrogens is 2. The molecule has 5 aliphatic rings. The third kappa shape index (κ3) is 6.28. The van der Waals surface area contributed by atoms with Crippen molar-refractivity contribution >= 4 is 29.2 Å². The van der Waals surface area contributed by atoms with Crippen LogP contribution in [0, 0.1) is 0 Å². The Hall–Kier alpha value is -2.73. The maximum absolute atomic E-state index is 14.5. The minimum Gasteiger partial charge on any atom is -0.461 e. The maximum Gasteiger partial charge on any atom is 0.412 e. The van der Waals surface area contributed by atoms with Gasteiger partial charge in [-0.1, -0.05) is 11.6 Å². The number of benzene rings is 1. The van der Waals surface area contributed by atoms with Crippen molar-refractivity contribution < 1.29 is 28.1 Å². The molecule has 10 nitrogen and oxygen atoms in total. The van der Waals surface area contributed by atoms with E-state index in [9.17, 15) is 9.18 Å². The molecule has 3 fully saturated rings. The Balaban J connectivity index is 1.22. The highest BCUT2D eigenvalue weighted by atomic mass is 35.5. The van der Waals surface area contributed by atoms with Gasteiger partial charge in [-0.15, -0.1) is 0 Å². The average molecular weight is 658 g/mol. The van der Waals surface area contributed by atoms with Gasteiger partial charge in [0.15, 0.2) is 0 Å². The van der Waals surface area contributed by atoms with E-state index in [0.29, 0.717) is 69.1 Å². The maximum atomic E-state index is 14.5. The highest BCUT2D eigenvalue weighted by Gasteiger charge is 2.50. The standard InChI is InChI=1S/C34H45ClFN5O5/c1-32(2,3)46-31(42)37-23-15-26-24(27(35)16-23)7-4-9-34(26)18-28-25(20-45-34)29(40-10-6-13-43-14-12-40)39-30(38-28)44-21-33-8-5-11-41(33)19-22(36)17-33/h15-16,22H,4-14,17-21H2,1-3H3,(H,37,42)/t22-,33+,34?/m1/s1. The van der Waals surface area contributed by atoms with Gasteiger partial charge >= 0.3 is 12.1 Å². The summed E-state index contributed by atoms with van der Waals surface area (Å²) in [7, 11) is 0. The lowest BCUT2D eigenvalue weighted by molar-refractivity contribution is -0.0855. The quantitative estimate of drug-likeness (QED) is 0.418. The fourth-order valence-corrected chi connectivity index (χ4v) is 8.38. The van der Waals surface area contributed by atoms with Crippen LogP contribution in [0.2, 0.25) is 5.02 Å². The zero-order chi connectivity index (χ0) is 32.1. The first-order chi connectivity index (χ1) is 22.0. The van der Waals surface area contributed by atoms with Crippen molar-refractivity contribution in [3.8, 4) is 6.01 Å². The van der Waals surface area contributed by atoms with Crippen LogP contribution in [-0.4, -0.2) is 84.3 Å². The van der Waals surface area contributed by atoms with Crippen LogP contribution in [0.1, 0.15) is 81.7 Å². The van der Waals surface area contributed by atoms with Crippen molar-refractivity contribution in [2.24, 2.45) is 0 Å². The first-order valence-electron chi connectivity index (χ1n) is 16.7. The fraction of sp³-hybridized carbons (Fsp3) is 0.676. The van der Waals surface area contributed by atoms with Gasteiger partial charge in [0.2, 0.25) is 0 Å². The van der Waals surface area contributed by atoms with E-state index in [2.05, 4.69) is 15.1 Å². The van der Waals surface area contributed by atoms with E-state index in [1.165, 1.54) is 0 Å². The monoisotopic (exact) mass is 657 g/mol. The molecule has 5 heterocycles. The molecule has 0 bridgehead atoms. The molecule has 1 unspecified atom stereocenters. The fourth-order valence-electron chi connectivity index (χ4n) is 8.06. The van der Waals surface area contributed by atoms with Crippen LogP contribution in [0.25, 0.3) is 0 Å². The van der Waals surface area contributed by atoms with Crippen LogP contribution in [0.3, 0.4) is 0 Å². The second kappa shape index (κ2) is 12.4. The summed E-state index contributed by atoms with van der Waals surface area (Å²) < 4.78 is 39.0. The van der Waals surface area contributed by atoms with Crippen LogP contribution in [0.4, 0.5) is 20.7 Å². The van der Waals surface area contributed by atoms with Crippen molar-refractivity contribution in [2.75, 3.05) is 56.2 Å². The summed E-state index contributed by atoms with van der Waals surface area (Å²) in [6.45, 7) is 10.4. The number of carbonyl (C=O) groups is 1. The molecule has 1 N–H and O–H groups in total. The molecule has 0 saturated carbocycles. The highest BCUT2D eigenvalue weighted by Crippen LogP contribution is 2.48. The van der Waals surface area contributed by atoms with E-state index in [4.69, 9.17) is 40.5 Å². The Kier molecular flexibility index (Phi) is 8.57. The summed E-state index contributed by atoms with van der Waals surface area (Å²) in [5.41, 5.74) is 2.82. The topological polar surface area (TPSA) is 98.3 Å². The molecule has 250 valence electrons. The Bertz CT molecular complexity index is 1480. The van der Waals surface area contributed by atoms with E-state index in [1.54, 1.807) is 6.07 Å². The zero-order valence-corrected chi connectivity index (χ0v) is 27.9. The molecule has 3 atom stereocenters. The number of carbonyl (C=O) groups excluding carboxylic acids is 1. The van der Waals surface area contributed by atoms with Gasteiger partial charge in [0.05, 0.1) is 30.0 Å². The lowest BCUT2D eigenvalue weighted by Gasteiger charge is -2.43. The molecule has 4 aliphatic heterocycles. The number of ether oxygens (including phenoxy) is 4. The van der Waals surface area contributed by atoms with Gasteiger partial charge < -0.3 is 23.8 Å². The molecule has 3 saturated heterocycles. The molecule has 1 spiro atoms. The van der Waals surface area contributed by atoms with Crippen molar-refractivity contribution in [2.45, 2.75) is 102 Å². The molecule has 1 amide bonds. The molecule has 1 aromatic carbocycles. The van der Waals surface area contributed by atoms with E-state index in [1.807, 2.05) is 26.8 Å². The molecule has 46 heavy (non-hydrogen) atoms. The van der Waals surface area contributed by atoms with E-state index < -0.39 is 23.5 Å². The highest BCUT2D eigenvalue weighted by molar-refractivity contribution is 6.31. The molecule has 2 aromatic rings.